The molecule has 2 aromatic rings. The number of carbonyl (C=O) groups excluding carboxylic acids is 2. The van der Waals surface area contributed by atoms with E-state index in [1.807, 2.05) is 6.07 Å². The summed E-state index contributed by atoms with van der Waals surface area (Å²) in [5.74, 6) is 0.0907. The maximum atomic E-state index is 13.7. The van der Waals surface area contributed by atoms with Crippen LogP contribution < -0.4 is 0 Å². The molecule has 0 unspecified atom stereocenters. The van der Waals surface area contributed by atoms with Gasteiger partial charge in [-0.05, 0) is 60.9 Å². The molecule has 1 aromatic carbocycles. The first kappa shape index (κ1) is 17.1. The van der Waals surface area contributed by atoms with Gasteiger partial charge in [0, 0.05) is 31.1 Å². The van der Waals surface area contributed by atoms with Crippen molar-refractivity contribution in [1.82, 2.24) is 9.88 Å². The van der Waals surface area contributed by atoms with E-state index in [9.17, 15) is 14.0 Å². The zero-order valence-electron chi connectivity index (χ0n) is 14.8. The van der Waals surface area contributed by atoms with Crippen LogP contribution in [0.4, 0.5) is 4.39 Å². The number of carbonyl (C=O) groups is 2. The topological polar surface area (TPSA) is 50.3 Å². The molecule has 0 bridgehead atoms. The zero-order chi connectivity index (χ0) is 18.1. The van der Waals surface area contributed by atoms with Gasteiger partial charge in [-0.15, -0.1) is 0 Å². The summed E-state index contributed by atoms with van der Waals surface area (Å²) in [5.41, 5.74) is 1.87. The number of likely N-dealkylation sites (tertiary alicyclic amines) is 1. The molecule has 1 saturated carbocycles. The fraction of sp³-hybridized carbons (Fsp3) is 0.476. The van der Waals surface area contributed by atoms with Crippen molar-refractivity contribution in [2.24, 2.45) is 5.92 Å². The summed E-state index contributed by atoms with van der Waals surface area (Å²) in [4.78, 5) is 30.4. The number of nitrogens with zero attached hydrogens (tertiary/aromatic N) is 2. The van der Waals surface area contributed by atoms with E-state index in [1.54, 1.807) is 17.2 Å². The van der Waals surface area contributed by atoms with Gasteiger partial charge in [-0.25, -0.2) is 4.39 Å². The first-order valence-electron chi connectivity index (χ1n) is 9.48. The maximum absolute atomic E-state index is 13.7. The summed E-state index contributed by atoms with van der Waals surface area (Å²) in [6.07, 6.45) is 6.98. The SMILES string of the molecule is O=C(CCC1CC1)C(=O)N1CCC(c2ccnc3ccc(F)cc23)CC1. The smallest absolute Gasteiger partial charge is 0.289 e. The van der Waals surface area contributed by atoms with Crippen LogP contribution in [0.25, 0.3) is 10.9 Å². The summed E-state index contributed by atoms with van der Waals surface area (Å²) in [6.45, 7) is 1.16. The third kappa shape index (κ3) is 3.62. The number of aromatic nitrogens is 1. The molecule has 1 aliphatic carbocycles. The van der Waals surface area contributed by atoms with Gasteiger partial charge < -0.3 is 4.90 Å². The average molecular weight is 354 g/mol. The highest BCUT2D eigenvalue weighted by Crippen LogP contribution is 2.34. The predicted molar refractivity (Wildman–Crippen MR) is 97.2 cm³/mol. The molecule has 1 amide bonds. The molecule has 26 heavy (non-hydrogen) atoms. The second-order valence-electron chi connectivity index (χ2n) is 7.53. The number of fused-ring (bicyclic) bond motifs is 1. The molecule has 0 atom stereocenters. The van der Waals surface area contributed by atoms with Crippen LogP contribution >= 0.6 is 0 Å². The Balaban J connectivity index is 1.41. The van der Waals surface area contributed by atoms with E-state index in [4.69, 9.17) is 0 Å². The second kappa shape index (κ2) is 7.14. The molecule has 136 valence electrons. The van der Waals surface area contributed by atoms with Crippen molar-refractivity contribution >= 4 is 22.6 Å². The van der Waals surface area contributed by atoms with Crippen LogP contribution in [0.1, 0.15) is 50.0 Å². The van der Waals surface area contributed by atoms with Crippen molar-refractivity contribution in [3.8, 4) is 0 Å². The molecule has 2 aliphatic rings. The van der Waals surface area contributed by atoms with E-state index < -0.39 is 0 Å². The normalized spacial score (nSPS) is 18.3. The molecular formula is C21H23FN2O2. The summed E-state index contributed by atoms with van der Waals surface area (Å²) in [6, 6.07) is 6.61. The van der Waals surface area contributed by atoms with Crippen LogP contribution in [0, 0.1) is 11.7 Å². The van der Waals surface area contributed by atoms with Crippen LogP contribution in [-0.4, -0.2) is 34.7 Å². The van der Waals surface area contributed by atoms with Gasteiger partial charge >= 0.3 is 0 Å². The van der Waals surface area contributed by atoms with Crippen molar-refractivity contribution in [1.29, 1.82) is 0 Å². The van der Waals surface area contributed by atoms with Crippen LogP contribution in [-0.2, 0) is 9.59 Å². The van der Waals surface area contributed by atoms with E-state index in [0.717, 1.165) is 35.7 Å². The Morgan fingerprint density at radius 2 is 1.88 bits per heavy atom. The number of pyridine rings is 1. The lowest BCUT2D eigenvalue weighted by Gasteiger charge is -2.32. The predicted octanol–water partition coefficient (Wildman–Crippen LogP) is 3.84. The van der Waals surface area contributed by atoms with Gasteiger partial charge in [0.25, 0.3) is 5.91 Å². The molecule has 1 aliphatic heterocycles. The number of ketones is 1. The average Bonchev–Trinajstić information content (AvgIpc) is 3.49. The number of rotatable bonds is 5. The Labute approximate surface area is 152 Å². The molecule has 0 radical (unpaired) electrons. The zero-order valence-corrected chi connectivity index (χ0v) is 14.8. The summed E-state index contributed by atoms with van der Waals surface area (Å²) in [7, 11) is 0. The number of hydrogen-bond donors (Lipinski definition) is 0. The number of Topliss-reactive ketones (excluding diaryl/α,β-unsaturated/α-hetero) is 1. The number of benzene rings is 1. The minimum absolute atomic E-state index is 0.244. The second-order valence-corrected chi connectivity index (χ2v) is 7.53. The fourth-order valence-corrected chi connectivity index (χ4v) is 3.91. The summed E-state index contributed by atoms with van der Waals surface area (Å²) >= 11 is 0. The van der Waals surface area contributed by atoms with Crippen molar-refractivity contribution in [2.45, 2.75) is 44.4 Å². The minimum Gasteiger partial charge on any atom is -0.336 e. The number of amides is 1. The van der Waals surface area contributed by atoms with Crippen LogP contribution in [0.5, 0.6) is 0 Å². The molecule has 0 spiro atoms. The Bertz CT molecular complexity index is 839. The molecular weight excluding hydrogens is 331 g/mol. The lowest BCUT2D eigenvalue weighted by molar-refractivity contribution is -0.145. The van der Waals surface area contributed by atoms with Crippen molar-refractivity contribution in [3.63, 3.8) is 0 Å². The van der Waals surface area contributed by atoms with Gasteiger partial charge in [-0.1, -0.05) is 12.8 Å². The minimum atomic E-state index is -0.324. The van der Waals surface area contributed by atoms with Gasteiger partial charge in [0.1, 0.15) is 5.82 Å². The third-order valence-corrected chi connectivity index (χ3v) is 5.67. The lowest BCUT2D eigenvalue weighted by atomic mass is 9.87. The first-order chi connectivity index (χ1) is 12.6. The largest absolute Gasteiger partial charge is 0.336 e. The van der Waals surface area contributed by atoms with Crippen LogP contribution in [0.2, 0.25) is 0 Å². The van der Waals surface area contributed by atoms with E-state index in [1.165, 1.54) is 25.0 Å². The number of halogens is 1. The molecule has 4 rings (SSSR count). The third-order valence-electron chi connectivity index (χ3n) is 5.67. The number of piperidine rings is 1. The summed E-state index contributed by atoms with van der Waals surface area (Å²) in [5, 5.41) is 0.845. The van der Waals surface area contributed by atoms with Gasteiger partial charge in [-0.2, -0.15) is 0 Å². The quantitative estimate of drug-likeness (QED) is 0.767. The Morgan fingerprint density at radius 1 is 1.12 bits per heavy atom. The molecule has 2 heterocycles. The lowest BCUT2D eigenvalue weighted by Crippen LogP contribution is -2.41. The molecule has 5 heteroatoms. The highest BCUT2D eigenvalue weighted by molar-refractivity contribution is 6.36. The van der Waals surface area contributed by atoms with Gasteiger partial charge in [0.2, 0.25) is 5.78 Å². The Kier molecular flexibility index (Phi) is 4.70. The Morgan fingerprint density at radius 3 is 2.62 bits per heavy atom. The molecule has 1 aromatic heterocycles. The molecule has 0 N–H and O–H groups in total. The van der Waals surface area contributed by atoms with E-state index in [-0.39, 0.29) is 23.4 Å². The van der Waals surface area contributed by atoms with Gasteiger partial charge in [0.05, 0.1) is 5.52 Å². The van der Waals surface area contributed by atoms with Crippen molar-refractivity contribution in [2.75, 3.05) is 13.1 Å². The Hall–Kier alpha value is -2.30. The van der Waals surface area contributed by atoms with Gasteiger partial charge in [0.15, 0.2) is 0 Å². The molecule has 2 fully saturated rings. The monoisotopic (exact) mass is 354 g/mol. The highest BCUT2D eigenvalue weighted by Gasteiger charge is 2.29. The van der Waals surface area contributed by atoms with Gasteiger partial charge in [-0.3, -0.25) is 14.6 Å². The first-order valence-corrected chi connectivity index (χ1v) is 9.48. The van der Waals surface area contributed by atoms with E-state index in [0.29, 0.717) is 25.4 Å². The molecule has 4 nitrogen and oxygen atoms in total. The van der Waals surface area contributed by atoms with Crippen molar-refractivity contribution in [3.05, 3.63) is 41.8 Å². The maximum Gasteiger partial charge on any atom is 0.289 e. The van der Waals surface area contributed by atoms with Crippen molar-refractivity contribution < 1.29 is 14.0 Å². The van der Waals surface area contributed by atoms with E-state index in [2.05, 4.69) is 4.98 Å². The molecule has 1 saturated heterocycles. The number of hydrogen-bond acceptors (Lipinski definition) is 3. The standard InChI is InChI=1S/C21H23FN2O2/c22-16-4-5-19-18(13-16)17(7-10-23-19)15-8-11-24(12-9-15)21(26)20(25)6-3-14-1-2-14/h4-5,7,10,13-15H,1-3,6,8-9,11-12H2. The summed E-state index contributed by atoms with van der Waals surface area (Å²) < 4.78 is 13.7. The van der Waals surface area contributed by atoms with Crippen LogP contribution in [0.15, 0.2) is 30.5 Å². The fourth-order valence-electron chi connectivity index (χ4n) is 3.91. The highest BCUT2D eigenvalue weighted by atomic mass is 19.1. The van der Waals surface area contributed by atoms with E-state index >= 15 is 0 Å². The van der Waals surface area contributed by atoms with Crippen LogP contribution in [0.3, 0.4) is 0 Å².